The molecule has 176 valence electrons. The third-order valence-corrected chi connectivity index (χ3v) is 5.06. The fourth-order valence-corrected chi connectivity index (χ4v) is 3.16. The van der Waals surface area contributed by atoms with Crippen LogP contribution in [0.4, 0.5) is 0 Å². The Hall–Kier alpha value is -2.47. The van der Waals surface area contributed by atoms with Crippen LogP contribution < -0.4 is 0 Å². The van der Waals surface area contributed by atoms with Crippen molar-refractivity contribution >= 4 is 11.5 Å². The van der Waals surface area contributed by atoms with Gasteiger partial charge >= 0.3 is 5.97 Å². The van der Waals surface area contributed by atoms with Crippen molar-refractivity contribution in [1.29, 1.82) is 0 Å². The lowest BCUT2D eigenvalue weighted by atomic mass is 9.94. The second-order valence-corrected chi connectivity index (χ2v) is 7.69. The Morgan fingerprint density at radius 2 is 1.62 bits per heavy atom. The van der Waals surface area contributed by atoms with Crippen molar-refractivity contribution in [1.82, 2.24) is 0 Å². The van der Waals surface area contributed by atoms with E-state index in [2.05, 4.69) is 11.7 Å². The molecular weight excluding hydrogens is 404 g/mol. The maximum absolute atomic E-state index is 11.1. The van der Waals surface area contributed by atoms with E-state index in [-0.39, 0.29) is 5.97 Å². The van der Waals surface area contributed by atoms with E-state index < -0.39 is 18.3 Å². The Morgan fingerprint density at radius 1 is 0.938 bits per heavy atom. The van der Waals surface area contributed by atoms with Gasteiger partial charge in [0.05, 0.1) is 19.3 Å². The highest BCUT2D eigenvalue weighted by Gasteiger charge is 2.21. The van der Waals surface area contributed by atoms with Gasteiger partial charge in [0.1, 0.15) is 6.10 Å². The maximum atomic E-state index is 11.1. The molecular formula is C27H38O5. The van der Waals surface area contributed by atoms with Gasteiger partial charge in [0.25, 0.3) is 0 Å². The summed E-state index contributed by atoms with van der Waals surface area (Å²) >= 11 is 0. The van der Waals surface area contributed by atoms with Gasteiger partial charge in [-0.15, -0.1) is 0 Å². The minimum Gasteiger partial charge on any atom is -0.469 e. The van der Waals surface area contributed by atoms with Crippen LogP contribution >= 0.6 is 0 Å². The summed E-state index contributed by atoms with van der Waals surface area (Å²) in [5.41, 5.74) is 1.55. The molecule has 0 aliphatic heterocycles. The summed E-state index contributed by atoms with van der Waals surface area (Å²) in [6.07, 6.45) is 15.1. The topological polar surface area (TPSA) is 87.0 Å². The Labute approximate surface area is 192 Å². The van der Waals surface area contributed by atoms with Crippen LogP contribution in [0.5, 0.6) is 0 Å². The number of ether oxygens (including phenoxy) is 1. The number of methoxy groups -OCH3 is 1. The molecule has 0 aliphatic rings. The van der Waals surface area contributed by atoms with Crippen molar-refractivity contribution < 1.29 is 24.9 Å². The van der Waals surface area contributed by atoms with E-state index in [4.69, 9.17) is 0 Å². The first-order chi connectivity index (χ1) is 15.5. The first-order valence-corrected chi connectivity index (χ1v) is 11.4. The number of hydrogen-bond donors (Lipinski definition) is 3. The molecule has 5 nitrogen and oxygen atoms in total. The fraction of sp³-hybridized carbons (Fsp3) is 0.444. The van der Waals surface area contributed by atoms with E-state index in [1.54, 1.807) is 18.2 Å². The Balaban J connectivity index is 2.66. The van der Waals surface area contributed by atoms with Crippen LogP contribution in [0.25, 0.3) is 5.57 Å². The number of aliphatic hydroxyl groups excluding tert-OH is 3. The molecule has 1 rings (SSSR count). The minimum atomic E-state index is -0.956. The van der Waals surface area contributed by atoms with Gasteiger partial charge < -0.3 is 20.1 Å². The van der Waals surface area contributed by atoms with E-state index in [1.807, 2.05) is 54.6 Å². The summed E-state index contributed by atoms with van der Waals surface area (Å²) < 4.78 is 4.57. The van der Waals surface area contributed by atoms with Crippen molar-refractivity contribution in [2.45, 2.75) is 70.2 Å². The molecule has 0 fully saturated rings. The second kappa shape index (κ2) is 17.1. The average molecular weight is 443 g/mol. The monoisotopic (exact) mass is 442 g/mol. The summed E-state index contributed by atoms with van der Waals surface area (Å²) in [6.45, 7) is 2.11. The van der Waals surface area contributed by atoms with Crippen LogP contribution in [0, 0.1) is 0 Å². The summed E-state index contributed by atoms with van der Waals surface area (Å²) in [4.78, 5) is 11.1. The molecule has 1 aromatic rings. The van der Waals surface area contributed by atoms with E-state index in [0.717, 1.165) is 24.8 Å². The van der Waals surface area contributed by atoms with E-state index in [9.17, 15) is 20.1 Å². The summed E-state index contributed by atoms with van der Waals surface area (Å²) in [5.74, 6) is -0.271. The molecule has 0 bridgehead atoms. The normalized spacial score (nSPS) is 15.5. The molecule has 1 aromatic carbocycles. The van der Waals surface area contributed by atoms with Crippen LogP contribution in [0.1, 0.15) is 57.4 Å². The summed E-state index contributed by atoms with van der Waals surface area (Å²) in [7, 11) is 1.35. The van der Waals surface area contributed by atoms with Gasteiger partial charge in [-0.25, -0.2) is 0 Å². The second-order valence-electron chi connectivity index (χ2n) is 7.69. The largest absolute Gasteiger partial charge is 0.469 e. The molecule has 5 heteroatoms. The van der Waals surface area contributed by atoms with Crippen molar-refractivity contribution in [3.05, 3.63) is 78.4 Å². The number of benzene rings is 1. The van der Waals surface area contributed by atoms with E-state index >= 15 is 0 Å². The van der Waals surface area contributed by atoms with Crippen molar-refractivity contribution in [2.75, 3.05) is 7.11 Å². The lowest BCUT2D eigenvalue weighted by molar-refractivity contribution is -0.140. The Morgan fingerprint density at radius 3 is 2.31 bits per heavy atom. The van der Waals surface area contributed by atoms with Crippen LogP contribution in [0.3, 0.4) is 0 Å². The van der Waals surface area contributed by atoms with Gasteiger partial charge in [-0.1, -0.05) is 99.1 Å². The smallest absolute Gasteiger partial charge is 0.305 e. The molecule has 0 unspecified atom stereocenters. The number of rotatable bonds is 15. The lowest BCUT2D eigenvalue weighted by Gasteiger charge is -2.21. The lowest BCUT2D eigenvalue weighted by Crippen LogP contribution is -2.27. The van der Waals surface area contributed by atoms with Crippen molar-refractivity contribution in [2.24, 2.45) is 0 Å². The third kappa shape index (κ3) is 11.8. The Bertz CT molecular complexity index is 749. The summed E-state index contributed by atoms with van der Waals surface area (Å²) in [6, 6.07) is 9.57. The van der Waals surface area contributed by atoms with Gasteiger partial charge in [-0.2, -0.15) is 0 Å². The maximum Gasteiger partial charge on any atom is 0.305 e. The third-order valence-electron chi connectivity index (χ3n) is 5.06. The van der Waals surface area contributed by atoms with E-state index in [0.29, 0.717) is 31.3 Å². The Kier molecular flexibility index (Phi) is 14.8. The van der Waals surface area contributed by atoms with Crippen molar-refractivity contribution in [3.8, 4) is 0 Å². The molecule has 0 aromatic heterocycles. The van der Waals surface area contributed by atoms with E-state index in [1.165, 1.54) is 7.11 Å². The molecule has 0 saturated heterocycles. The highest BCUT2D eigenvalue weighted by molar-refractivity contribution is 5.70. The molecule has 3 atom stereocenters. The first kappa shape index (κ1) is 27.6. The van der Waals surface area contributed by atoms with Crippen LogP contribution in [-0.2, 0) is 9.53 Å². The number of unbranched alkanes of at least 4 members (excludes halogenated alkanes) is 2. The molecule has 0 spiro atoms. The fourth-order valence-electron chi connectivity index (χ4n) is 3.16. The molecule has 3 N–H and O–H groups in total. The van der Waals surface area contributed by atoms with Gasteiger partial charge in [-0.05, 0) is 30.4 Å². The number of carbonyl (C=O) groups excluding carboxylic acids is 1. The van der Waals surface area contributed by atoms with Crippen LogP contribution in [0.2, 0.25) is 0 Å². The predicted octanol–water partition coefficient (Wildman–Crippen LogP) is 4.74. The standard InChI is InChI=1S/C27H38O5/c1-3-4-9-20-25(29)27(31)24(22-15-10-8-11-16-22)19-13-7-5-6-12-17-23(28)18-14-21-26(30)32-2/h5-8,10-13,15-17,19,23,25,27-29,31H,3-4,9,14,18,20-21H2,1-2H3/b6-5-,13-7+,17-12+,24-19+/t23-,25-,27-/m1/s1. The number of hydrogen-bond acceptors (Lipinski definition) is 5. The van der Waals surface area contributed by atoms with Crippen LogP contribution in [0.15, 0.2) is 72.9 Å². The first-order valence-electron chi connectivity index (χ1n) is 11.4. The zero-order valence-electron chi connectivity index (χ0n) is 19.3. The number of carbonyl (C=O) groups is 1. The molecule has 0 aliphatic carbocycles. The van der Waals surface area contributed by atoms with Gasteiger partial charge in [0.2, 0.25) is 0 Å². The highest BCUT2D eigenvalue weighted by atomic mass is 16.5. The predicted molar refractivity (Wildman–Crippen MR) is 130 cm³/mol. The molecule has 0 amide bonds. The van der Waals surface area contributed by atoms with Crippen LogP contribution in [-0.4, -0.2) is 46.7 Å². The molecule has 0 heterocycles. The van der Waals surface area contributed by atoms with Gasteiger partial charge in [0.15, 0.2) is 0 Å². The van der Waals surface area contributed by atoms with Gasteiger partial charge in [0, 0.05) is 6.42 Å². The quantitative estimate of drug-likeness (QED) is 0.207. The zero-order valence-corrected chi connectivity index (χ0v) is 19.3. The molecule has 0 radical (unpaired) electrons. The van der Waals surface area contributed by atoms with Crippen molar-refractivity contribution in [3.63, 3.8) is 0 Å². The zero-order chi connectivity index (χ0) is 23.6. The summed E-state index contributed by atoms with van der Waals surface area (Å²) in [5, 5.41) is 31.0. The average Bonchev–Trinajstić information content (AvgIpc) is 2.81. The minimum absolute atomic E-state index is 0.271. The number of allylic oxidation sites excluding steroid dienone is 6. The molecule has 0 saturated carbocycles. The highest BCUT2D eigenvalue weighted by Crippen LogP contribution is 2.23. The number of esters is 1. The number of aliphatic hydroxyl groups is 3. The molecule has 32 heavy (non-hydrogen) atoms. The SMILES string of the molecule is CCCCC[C@@H](O)[C@H](O)/C(=C/C=C/C=C\C=C\[C@@H](O)CCCC(=O)OC)c1ccccc1. The van der Waals surface area contributed by atoms with Gasteiger partial charge in [-0.3, -0.25) is 4.79 Å².